The van der Waals surface area contributed by atoms with E-state index in [4.69, 9.17) is 4.42 Å². The molecule has 0 aromatic carbocycles. The van der Waals surface area contributed by atoms with Gasteiger partial charge in [-0.05, 0) is 58.7 Å². The predicted molar refractivity (Wildman–Crippen MR) is 101 cm³/mol. The highest BCUT2D eigenvalue weighted by Gasteiger charge is 2.39. The van der Waals surface area contributed by atoms with Crippen LogP contribution in [0.3, 0.4) is 0 Å². The van der Waals surface area contributed by atoms with Crippen molar-refractivity contribution in [3.05, 3.63) is 45.2 Å². The Labute approximate surface area is 162 Å². The fourth-order valence-corrected chi connectivity index (χ4v) is 4.62. The number of nitro groups is 1. The van der Waals surface area contributed by atoms with Gasteiger partial charge >= 0.3 is 5.69 Å². The van der Waals surface area contributed by atoms with Crippen molar-refractivity contribution in [2.45, 2.75) is 64.2 Å². The Morgan fingerprint density at radius 3 is 2.61 bits per heavy atom. The summed E-state index contributed by atoms with van der Waals surface area (Å²) in [6, 6.07) is 4.65. The molecule has 2 unspecified atom stereocenters. The molecule has 4 rings (SSSR count). The Bertz CT molecular complexity index is 904. The van der Waals surface area contributed by atoms with E-state index in [2.05, 4.69) is 22.4 Å². The van der Waals surface area contributed by atoms with Crippen molar-refractivity contribution < 1.29 is 14.1 Å². The fraction of sp³-hybridized carbons (Fsp3) is 0.579. The van der Waals surface area contributed by atoms with Gasteiger partial charge in [0.15, 0.2) is 5.76 Å². The summed E-state index contributed by atoms with van der Waals surface area (Å²) in [6.45, 7) is 3.51. The average Bonchev–Trinajstić information content (AvgIpc) is 3.24. The fourth-order valence-electron chi connectivity index (χ4n) is 4.62. The number of amides is 1. The van der Waals surface area contributed by atoms with E-state index in [9.17, 15) is 14.9 Å². The quantitative estimate of drug-likeness (QED) is 0.624. The molecule has 2 saturated heterocycles. The maximum absolute atomic E-state index is 12.6. The molecule has 150 valence electrons. The number of nitrogens with one attached hydrogen (secondary N) is 1. The van der Waals surface area contributed by atoms with Crippen molar-refractivity contribution in [3.8, 4) is 0 Å². The van der Waals surface area contributed by atoms with Gasteiger partial charge in [-0.1, -0.05) is 0 Å². The van der Waals surface area contributed by atoms with Crippen LogP contribution in [0.1, 0.15) is 53.4 Å². The van der Waals surface area contributed by atoms with Crippen LogP contribution in [0.2, 0.25) is 0 Å². The number of aryl methyl sites for hydroxylation is 1. The van der Waals surface area contributed by atoms with E-state index in [1.54, 1.807) is 26.0 Å². The van der Waals surface area contributed by atoms with Crippen LogP contribution in [0.15, 0.2) is 16.5 Å². The highest BCUT2D eigenvalue weighted by Crippen LogP contribution is 2.34. The molecule has 1 N–H and O–H groups in total. The number of rotatable bonds is 5. The smallest absolute Gasteiger partial charge is 0.312 e. The summed E-state index contributed by atoms with van der Waals surface area (Å²) < 4.78 is 7.22. The van der Waals surface area contributed by atoms with Gasteiger partial charge in [0.25, 0.3) is 5.91 Å². The molecule has 0 radical (unpaired) electrons. The average molecular weight is 387 g/mol. The third kappa shape index (κ3) is 3.30. The summed E-state index contributed by atoms with van der Waals surface area (Å²) in [4.78, 5) is 25.7. The molecule has 1 amide bonds. The first kappa shape index (κ1) is 18.7. The van der Waals surface area contributed by atoms with Crippen LogP contribution in [-0.2, 0) is 6.54 Å². The zero-order chi connectivity index (χ0) is 20.0. The number of piperidine rings is 1. The van der Waals surface area contributed by atoms with Crippen LogP contribution in [-0.4, -0.2) is 50.7 Å². The van der Waals surface area contributed by atoms with Gasteiger partial charge in [0.2, 0.25) is 0 Å². The second kappa shape index (κ2) is 7.05. The SMILES string of the molecule is Cc1nn(Cc2ccc(C(=O)NC3CC4CCC(C3)N4C)o2)c(C)c1[N+](=O)[O-]. The van der Waals surface area contributed by atoms with Crippen molar-refractivity contribution in [1.29, 1.82) is 0 Å². The Morgan fingerprint density at radius 1 is 1.32 bits per heavy atom. The van der Waals surface area contributed by atoms with Gasteiger partial charge in [-0.25, -0.2) is 0 Å². The number of hydrogen-bond acceptors (Lipinski definition) is 6. The number of carbonyl (C=O) groups is 1. The van der Waals surface area contributed by atoms with Crippen molar-refractivity contribution >= 4 is 11.6 Å². The van der Waals surface area contributed by atoms with E-state index in [1.807, 2.05) is 0 Å². The molecule has 2 aromatic rings. The van der Waals surface area contributed by atoms with E-state index < -0.39 is 4.92 Å². The van der Waals surface area contributed by atoms with Crippen LogP contribution < -0.4 is 5.32 Å². The number of nitrogens with zero attached hydrogens (tertiary/aromatic N) is 4. The first-order valence-electron chi connectivity index (χ1n) is 9.63. The second-order valence-electron chi connectivity index (χ2n) is 7.89. The highest BCUT2D eigenvalue weighted by atomic mass is 16.6. The van der Waals surface area contributed by atoms with Crippen molar-refractivity contribution in [3.63, 3.8) is 0 Å². The summed E-state index contributed by atoms with van der Waals surface area (Å²) in [5, 5.41) is 18.5. The molecule has 0 spiro atoms. The normalized spacial score (nSPS) is 24.5. The van der Waals surface area contributed by atoms with Gasteiger partial charge in [0, 0.05) is 18.1 Å². The van der Waals surface area contributed by atoms with Gasteiger partial charge in [-0.3, -0.25) is 19.6 Å². The summed E-state index contributed by atoms with van der Waals surface area (Å²) in [6.07, 6.45) is 4.35. The Hall–Kier alpha value is -2.68. The maximum atomic E-state index is 12.6. The van der Waals surface area contributed by atoms with E-state index in [0.717, 1.165) is 12.8 Å². The predicted octanol–water partition coefficient (Wildman–Crippen LogP) is 2.40. The minimum Gasteiger partial charge on any atom is -0.454 e. The van der Waals surface area contributed by atoms with Crippen LogP contribution >= 0.6 is 0 Å². The maximum Gasteiger partial charge on any atom is 0.312 e. The van der Waals surface area contributed by atoms with Crippen molar-refractivity contribution in [2.75, 3.05) is 7.05 Å². The first-order chi connectivity index (χ1) is 13.3. The molecule has 0 aliphatic carbocycles. The Balaban J connectivity index is 1.41. The van der Waals surface area contributed by atoms with Gasteiger partial charge < -0.3 is 14.6 Å². The zero-order valence-corrected chi connectivity index (χ0v) is 16.3. The standard InChI is InChI=1S/C19H25N5O4/c1-11-18(24(26)27)12(2)23(21-11)10-16-6-7-17(28-16)19(25)20-13-8-14-4-5-15(9-13)22(14)3/h6-7,13-15H,4-5,8-10H2,1-3H3,(H,20,25). The van der Waals surface area contributed by atoms with Gasteiger partial charge in [-0.15, -0.1) is 0 Å². The molecular weight excluding hydrogens is 362 g/mol. The third-order valence-corrected chi connectivity index (χ3v) is 6.15. The number of fused-ring (bicyclic) bond motifs is 2. The lowest BCUT2D eigenvalue weighted by molar-refractivity contribution is -0.386. The van der Waals surface area contributed by atoms with Gasteiger partial charge in [-0.2, -0.15) is 5.10 Å². The minimum absolute atomic E-state index is 0.0152. The third-order valence-electron chi connectivity index (χ3n) is 6.15. The molecule has 2 aliphatic rings. The van der Waals surface area contributed by atoms with Crippen molar-refractivity contribution in [2.24, 2.45) is 0 Å². The largest absolute Gasteiger partial charge is 0.454 e. The van der Waals surface area contributed by atoms with Crippen LogP contribution in [0.5, 0.6) is 0 Å². The van der Waals surface area contributed by atoms with Crippen LogP contribution in [0.4, 0.5) is 5.69 Å². The number of furan rings is 1. The topological polar surface area (TPSA) is 106 Å². The summed E-state index contributed by atoms with van der Waals surface area (Å²) in [5.74, 6) is 0.589. The number of carbonyl (C=O) groups excluding carboxylic acids is 1. The van der Waals surface area contributed by atoms with Gasteiger partial charge in [0.1, 0.15) is 17.1 Å². The minimum atomic E-state index is -0.427. The molecule has 2 fully saturated rings. The molecule has 2 aliphatic heterocycles. The summed E-state index contributed by atoms with van der Waals surface area (Å²) in [5.41, 5.74) is 0.844. The van der Waals surface area contributed by atoms with Crippen LogP contribution in [0.25, 0.3) is 0 Å². The molecule has 2 atom stereocenters. The lowest BCUT2D eigenvalue weighted by atomic mass is 9.98. The lowest BCUT2D eigenvalue weighted by Crippen LogP contribution is -2.48. The second-order valence-corrected chi connectivity index (χ2v) is 7.89. The highest BCUT2D eigenvalue weighted by molar-refractivity contribution is 5.91. The molecule has 4 heterocycles. The Morgan fingerprint density at radius 2 is 2.00 bits per heavy atom. The van der Waals surface area contributed by atoms with E-state index in [0.29, 0.717) is 29.2 Å². The number of aromatic nitrogens is 2. The molecule has 9 heteroatoms. The molecule has 2 bridgehead atoms. The number of hydrogen-bond donors (Lipinski definition) is 1. The zero-order valence-electron chi connectivity index (χ0n) is 16.3. The molecular formula is C19H25N5O4. The van der Waals surface area contributed by atoms with Crippen molar-refractivity contribution in [1.82, 2.24) is 20.0 Å². The summed E-state index contributed by atoms with van der Waals surface area (Å²) in [7, 11) is 2.17. The van der Waals surface area contributed by atoms with Crippen LogP contribution in [0, 0.1) is 24.0 Å². The summed E-state index contributed by atoms with van der Waals surface area (Å²) >= 11 is 0. The monoisotopic (exact) mass is 387 g/mol. The Kier molecular flexibility index (Phi) is 4.70. The molecule has 28 heavy (non-hydrogen) atoms. The van der Waals surface area contributed by atoms with E-state index in [1.165, 1.54) is 17.5 Å². The van der Waals surface area contributed by atoms with E-state index in [-0.39, 0.29) is 29.9 Å². The van der Waals surface area contributed by atoms with E-state index >= 15 is 0 Å². The first-order valence-corrected chi connectivity index (χ1v) is 9.63. The molecule has 0 saturated carbocycles. The molecule has 9 nitrogen and oxygen atoms in total. The molecule has 2 aromatic heterocycles. The lowest BCUT2D eigenvalue weighted by Gasteiger charge is -2.36. The van der Waals surface area contributed by atoms with Gasteiger partial charge in [0.05, 0.1) is 11.5 Å².